The van der Waals surface area contributed by atoms with Gasteiger partial charge in [0.1, 0.15) is 5.00 Å². The summed E-state index contributed by atoms with van der Waals surface area (Å²) >= 11 is 1.34. The fourth-order valence-corrected chi connectivity index (χ4v) is 2.60. The van der Waals surface area contributed by atoms with Gasteiger partial charge < -0.3 is 15.4 Å². The van der Waals surface area contributed by atoms with Crippen LogP contribution < -0.4 is 10.6 Å². The highest BCUT2D eigenvalue weighted by molar-refractivity contribution is 7.14. The predicted octanol–water partition coefficient (Wildman–Crippen LogP) is 0.599. The number of hydrogen-bond acceptors (Lipinski definition) is 5. The fourth-order valence-electron chi connectivity index (χ4n) is 1.68. The maximum Gasteiger partial charge on any atom is 0.340 e. The molecular formula is C10H12N2O3S. The van der Waals surface area contributed by atoms with Crippen LogP contribution in [-0.2, 0) is 9.53 Å². The molecule has 1 aliphatic heterocycles. The SMILES string of the molecule is COC(=O)c1ccsc1N1CC[C@H](N)C1=O. The molecular weight excluding hydrogens is 228 g/mol. The van der Waals surface area contributed by atoms with E-state index in [1.807, 2.05) is 0 Å². The Kier molecular flexibility index (Phi) is 2.93. The summed E-state index contributed by atoms with van der Waals surface area (Å²) in [5, 5.41) is 2.39. The average Bonchev–Trinajstić information content (AvgIpc) is 2.86. The van der Waals surface area contributed by atoms with Crippen molar-refractivity contribution in [2.75, 3.05) is 18.6 Å². The molecule has 1 aromatic heterocycles. The van der Waals surface area contributed by atoms with Crippen molar-refractivity contribution in [3.8, 4) is 0 Å². The minimum absolute atomic E-state index is 0.132. The minimum Gasteiger partial charge on any atom is -0.465 e. The van der Waals surface area contributed by atoms with Gasteiger partial charge in [0.25, 0.3) is 0 Å². The highest BCUT2D eigenvalue weighted by Crippen LogP contribution is 2.31. The van der Waals surface area contributed by atoms with Gasteiger partial charge in [-0.1, -0.05) is 0 Å². The van der Waals surface area contributed by atoms with Crippen molar-refractivity contribution in [2.45, 2.75) is 12.5 Å². The molecule has 5 nitrogen and oxygen atoms in total. The second kappa shape index (κ2) is 4.23. The number of carbonyl (C=O) groups excluding carboxylic acids is 2. The number of thiophene rings is 1. The van der Waals surface area contributed by atoms with Gasteiger partial charge in [-0.3, -0.25) is 4.79 Å². The lowest BCUT2D eigenvalue weighted by Gasteiger charge is -2.15. The molecule has 86 valence electrons. The third-order valence-electron chi connectivity index (χ3n) is 2.54. The average molecular weight is 240 g/mol. The van der Waals surface area contributed by atoms with E-state index in [4.69, 9.17) is 5.73 Å². The Labute approximate surface area is 96.8 Å². The molecule has 1 aliphatic rings. The van der Waals surface area contributed by atoms with Gasteiger partial charge in [-0.05, 0) is 17.9 Å². The smallest absolute Gasteiger partial charge is 0.340 e. The molecule has 1 fully saturated rings. The topological polar surface area (TPSA) is 72.6 Å². The molecule has 0 aromatic carbocycles. The van der Waals surface area contributed by atoms with Crippen molar-refractivity contribution in [2.24, 2.45) is 5.73 Å². The zero-order chi connectivity index (χ0) is 11.7. The summed E-state index contributed by atoms with van der Waals surface area (Å²) in [6, 6.07) is 1.20. The molecule has 1 aromatic rings. The van der Waals surface area contributed by atoms with Gasteiger partial charge in [0, 0.05) is 6.54 Å². The summed E-state index contributed by atoms with van der Waals surface area (Å²) in [6.07, 6.45) is 0.622. The number of amides is 1. The zero-order valence-electron chi connectivity index (χ0n) is 8.80. The first-order chi connectivity index (χ1) is 7.65. The Bertz CT molecular complexity index is 429. The van der Waals surface area contributed by atoms with E-state index in [9.17, 15) is 9.59 Å². The van der Waals surface area contributed by atoms with Crippen LogP contribution in [0.3, 0.4) is 0 Å². The molecule has 0 aliphatic carbocycles. The number of esters is 1. The van der Waals surface area contributed by atoms with E-state index < -0.39 is 12.0 Å². The molecule has 0 radical (unpaired) electrons. The largest absolute Gasteiger partial charge is 0.465 e. The van der Waals surface area contributed by atoms with Crippen LogP contribution >= 0.6 is 11.3 Å². The molecule has 1 amide bonds. The first-order valence-electron chi connectivity index (χ1n) is 4.88. The second-order valence-electron chi connectivity index (χ2n) is 3.52. The highest BCUT2D eigenvalue weighted by atomic mass is 32.1. The molecule has 2 rings (SSSR count). The molecule has 0 bridgehead atoms. The van der Waals surface area contributed by atoms with Gasteiger partial charge >= 0.3 is 5.97 Å². The summed E-state index contributed by atoms with van der Waals surface area (Å²) < 4.78 is 4.66. The molecule has 1 saturated heterocycles. The van der Waals surface area contributed by atoms with E-state index >= 15 is 0 Å². The van der Waals surface area contributed by atoms with Crippen LogP contribution in [0.4, 0.5) is 5.00 Å². The molecule has 2 heterocycles. The zero-order valence-corrected chi connectivity index (χ0v) is 9.62. The molecule has 0 spiro atoms. The van der Waals surface area contributed by atoms with Crippen LogP contribution in [0.2, 0.25) is 0 Å². The normalized spacial score (nSPS) is 20.2. The van der Waals surface area contributed by atoms with E-state index in [1.54, 1.807) is 16.3 Å². The number of carbonyl (C=O) groups is 2. The van der Waals surface area contributed by atoms with Crippen molar-refractivity contribution in [1.82, 2.24) is 0 Å². The third-order valence-corrected chi connectivity index (χ3v) is 3.48. The summed E-state index contributed by atoms with van der Waals surface area (Å²) in [7, 11) is 1.32. The summed E-state index contributed by atoms with van der Waals surface area (Å²) in [5.74, 6) is -0.558. The van der Waals surface area contributed by atoms with Gasteiger partial charge in [-0.15, -0.1) is 11.3 Å². The Balaban J connectivity index is 2.31. The number of methoxy groups -OCH3 is 1. The Morgan fingerprint density at radius 1 is 1.69 bits per heavy atom. The van der Waals surface area contributed by atoms with Crippen molar-refractivity contribution >= 4 is 28.2 Å². The third kappa shape index (κ3) is 1.70. The number of anilines is 1. The van der Waals surface area contributed by atoms with Gasteiger partial charge in [0.2, 0.25) is 5.91 Å². The lowest BCUT2D eigenvalue weighted by atomic mass is 10.3. The summed E-state index contributed by atoms with van der Waals surface area (Å²) in [5.41, 5.74) is 6.06. The Hall–Kier alpha value is -1.40. The number of hydrogen-bond donors (Lipinski definition) is 1. The lowest BCUT2D eigenvalue weighted by molar-refractivity contribution is -0.118. The minimum atomic E-state index is -0.451. The van der Waals surface area contributed by atoms with E-state index in [1.165, 1.54) is 18.4 Å². The van der Waals surface area contributed by atoms with Crippen LogP contribution in [-0.4, -0.2) is 31.6 Å². The van der Waals surface area contributed by atoms with Crippen molar-refractivity contribution < 1.29 is 14.3 Å². The number of rotatable bonds is 2. The maximum absolute atomic E-state index is 11.7. The molecule has 2 N–H and O–H groups in total. The fraction of sp³-hybridized carbons (Fsp3) is 0.400. The van der Waals surface area contributed by atoms with Gasteiger partial charge in [0.15, 0.2) is 0 Å². The maximum atomic E-state index is 11.7. The quantitative estimate of drug-likeness (QED) is 0.768. The predicted molar refractivity (Wildman–Crippen MR) is 60.6 cm³/mol. The lowest BCUT2D eigenvalue weighted by Crippen LogP contribution is -2.34. The monoisotopic (exact) mass is 240 g/mol. The standard InChI is InChI=1S/C10H12N2O3S/c1-15-10(14)6-3-5-16-9(6)12-4-2-7(11)8(12)13/h3,5,7H,2,4,11H2,1H3/t7-/m0/s1. The first-order valence-corrected chi connectivity index (χ1v) is 5.76. The molecule has 1 atom stereocenters. The van der Waals surface area contributed by atoms with E-state index in [0.29, 0.717) is 23.5 Å². The number of nitrogens with zero attached hydrogens (tertiary/aromatic N) is 1. The van der Waals surface area contributed by atoms with Crippen LogP contribution in [0, 0.1) is 0 Å². The Morgan fingerprint density at radius 2 is 2.44 bits per heavy atom. The highest BCUT2D eigenvalue weighted by Gasteiger charge is 2.32. The van der Waals surface area contributed by atoms with Gasteiger partial charge in [0.05, 0.1) is 18.7 Å². The van der Waals surface area contributed by atoms with Crippen LogP contribution in [0.1, 0.15) is 16.8 Å². The van der Waals surface area contributed by atoms with Crippen LogP contribution in [0.5, 0.6) is 0 Å². The summed E-state index contributed by atoms with van der Waals surface area (Å²) in [4.78, 5) is 24.7. The van der Waals surface area contributed by atoms with E-state index in [-0.39, 0.29) is 5.91 Å². The number of ether oxygens (including phenoxy) is 1. The van der Waals surface area contributed by atoms with Gasteiger partial charge in [-0.25, -0.2) is 4.79 Å². The van der Waals surface area contributed by atoms with E-state index in [0.717, 1.165) is 0 Å². The van der Waals surface area contributed by atoms with Crippen LogP contribution in [0.25, 0.3) is 0 Å². The van der Waals surface area contributed by atoms with Crippen molar-refractivity contribution in [3.63, 3.8) is 0 Å². The second-order valence-corrected chi connectivity index (χ2v) is 4.41. The van der Waals surface area contributed by atoms with Crippen LogP contribution in [0.15, 0.2) is 11.4 Å². The van der Waals surface area contributed by atoms with Crippen molar-refractivity contribution in [3.05, 3.63) is 17.0 Å². The van der Waals surface area contributed by atoms with Gasteiger partial charge in [-0.2, -0.15) is 0 Å². The molecule has 16 heavy (non-hydrogen) atoms. The van der Waals surface area contributed by atoms with E-state index in [2.05, 4.69) is 4.74 Å². The van der Waals surface area contributed by atoms with Crippen molar-refractivity contribution in [1.29, 1.82) is 0 Å². The Morgan fingerprint density at radius 3 is 3.00 bits per heavy atom. The molecule has 0 unspecified atom stereocenters. The first kappa shape index (κ1) is 11.1. The molecule has 0 saturated carbocycles. The molecule has 6 heteroatoms. The summed E-state index contributed by atoms with van der Waals surface area (Å²) in [6.45, 7) is 0.560. The number of nitrogens with two attached hydrogens (primary N) is 1.